The lowest BCUT2D eigenvalue weighted by Gasteiger charge is -2.37. The molecule has 0 N–H and O–H groups in total. The Balaban J connectivity index is 1.36. The smallest absolute Gasteiger partial charge is 0.259 e. The molecule has 7 rings (SSSR count). The zero-order valence-corrected chi connectivity index (χ0v) is 19.5. The van der Waals surface area contributed by atoms with E-state index >= 15 is 0 Å². The fourth-order valence-corrected chi connectivity index (χ4v) is 6.50. The largest absolute Gasteiger partial charge is 0.289 e. The molecule has 3 fully saturated rings. The maximum atomic E-state index is 13.6. The van der Waals surface area contributed by atoms with E-state index in [1.807, 2.05) is 31.2 Å². The van der Waals surface area contributed by atoms with Crippen molar-refractivity contribution in [3.8, 4) is 0 Å². The SMILES string of the molecule is Cc1ccccc1N(CN1C(=O)C2C3C=CC(C4CC34)C2C1=O)C(=O)c1ccc(Cl)c(Cl)c1. The van der Waals surface area contributed by atoms with E-state index in [0.717, 1.165) is 12.0 Å². The van der Waals surface area contributed by atoms with Crippen LogP contribution in [0.4, 0.5) is 5.69 Å². The van der Waals surface area contributed by atoms with Crippen LogP contribution in [-0.2, 0) is 9.59 Å². The van der Waals surface area contributed by atoms with Gasteiger partial charge in [0.25, 0.3) is 5.91 Å². The Bertz CT molecular complexity index is 1210. The third-order valence-corrected chi connectivity index (χ3v) is 8.59. The summed E-state index contributed by atoms with van der Waals surface area (Å²) in [5.41, 5.74) is 1.85. The van der Waals surface area contributed by atoms with Crippen molar-refractivity contribution in [2.45, 2.75) is 13.3 Å². The molecular formula is C26H22Cl2N2O3. The highest BCUT2D eigenvalue weighted by atomic mass is 35.5. The summed E-state index contributed by atoms with van der Waals surface area (Å²) in [5.74, 6) is 0.0950. The number of para-hydroxylation sites is 1. The van der Waals surface area contributed by atoms with E-state index < -0.39 is 0 Å². The molecule has 1 aliphatic heterocycles. The van der Waals surface area contributed by atoms with Gasteiger partial charge in [-0.2, -0.15) is 0 Å². The van der Waals surface area contributed by atoms with Crippen molar-refractivity contribution in [2.24, 2.45) is 35.5 Å². The van der Waals surface area contributed by atoms with Gasteiger partial charge in [-0.25, -0.2) is 0 Å². The Labute approximate surface area is 201 Å². The standard InChI is InChI=1S/C26H22Cl2N2O3/c1-13-4-2-3-5-21(13)29(24(31)14-6-9-19(27)20(28)10-14)12-30-25(32)22-15-7-8-16(18-11-17(15)18)23(22)26(30)33/h2-10,15-18,22-23H,11-12H2,1H3. The second kappa shape index (κ2) is 7.44. The molecule has 6 unspecified atom stereocenters. The number of allylic oxidation sites excluding steroid dienone is 2. The third kappa shape index (κ3) is 3.09. The Kier molecular flexibility index (Phi) is 4.72. The first kappa shape index (κ1) is 20.9. The number of hydrogen-bond acceptors (Lipinski definition) is 3. The maximum absolute atomic E-state index is 13.6. The fourth-order valence-electron chi connectivity index (χ4n) is 6.20. The first-order valence-corrected chi connectivity index (χ1v) is 12.0. The van der Waals surface area contributed by atoms with Gasteiger partial charge >= 0.3 is 0 Å². The summed E-state index contributed by atoms with van der Waals surface area (Å²) in [7, 11) is 0. The highest BCUT2D eigenvalue weighted by molar-refractivity contribution is 6.42. The molecule has 1 saturated heterocycles. The van der Waals surface area contributed by atoms with Gasteiger partial charge in [-0.15, -0.1) is 0 Å². The van der Waals surface area contributed by atoms with E-state index in [0.29, 0.717) is 28.1 Å². The quantitative estimate of drug-likeness (QED) is 0.458. The number of halogens is 2. The van der Waals surface area contributed by atoms with E-state index in [1.54, 1.807) is 12.1 Å². The van der Waals surface area contributed by atoms with Crippen LogP contribution in [0.5, 0.6) is 0 Å². The predicted octanol–water partition coefficient (Wildman–Crippen LogP) is 4.96. The number of carbonyl (C=O) groups is 3. The molecule has 168 valence electrons. The third-order valence-electron chi connectivity index (χ3n) is 7.85. The Morgan fingerprint density at radius 3 is 2.21 bits per heavy atom. The Morgan fingerprint density at radius 2 is 1.61 bits per heavy atom. The summed E-state index contributed by atoms with van der Waals surface area (Å²) < 4.78 is 0. The Morgan fingerprint density at radius 1 is 0.970 bits per heavy atom. The molecule has 2 aromatic rings. The Hall–Kier alpha value is -2.63. The molecule has 5 aliphatic rings. The number of carbonyl (C=O) groups excluding carboxylic acids is 3. The number of imide groups is 1. The van der Waals surface area contributed by atoms with Crippen LogP contribution in [0.1, 0.15) is 22.3 Å². The lowest BCUT2D eigenvalue weighted by molar-refractivity contribution is -0.140. The molecule has 0 aromatic heterocycles. The van der Waals surface area contributed by atoms with Crippen molar-refractivity contribution in [3.63, 3.8) is 0 Å². The number of hydrogen-bond donors (Lipinski definition) is 0. The molecule has 0 spiro atoms. The highest BCUT2D eigenvalue weighted by Gasteiger charge is 2.67. The second-order valence-electron chi connectivity index (χ2n) is 9.55. The van der Waals surface area contributed by atoms with Crippen molar-refractivity contribution in [1.82, 2.24) is 4.90 Å². The number of rotatable bonds is 4. The molecule has 7 heteroatoms. The molecule has 33 heavy (non-hydrogen) atoms. The second-order valence-corrected chi connectivity index (χ2v) is 10.4. The van der Waals surface area contributed by atoms with Gasteiger partial charge < -0.3 is 0 Å². The zero-order chi connectivity index (χ0) is 23.0. The van der Waals surface area contributed by atoms with Gasteiger partial charge in [0.05, 0.1) is 21.9 Å². The number of amides is 3. The van der Waals surface area contributed by atoms with Crippen molar-refractivity contribution >= 4 is 46.6 Å². The van der Waals surface area contributed by atoms with Crippen molar-refractivity contribution in [1.29, 1.82) is 0 Å². The van der Waals surface area contributed by atoms with Crippen LogP contribution in [0.2, 0.25) is 10.0 Å². The van der Waals surface area contributed by atoms with E-state index in [2.05, 4.69) is 12.2 Å². The summed E-state index contributed by atoms with van der Waals surface area (Å²) in [6.45, 7) is 1.78. The van der Waals surface area contributed by atoms with Gasteiger partial charge in [0, 0.05) is 11.3 Å². The van der Waals surface area contributed by atoms with E-state index in [-0.39, 0.29) is 53.1 Å². The lowest BCUT2D eigenvalue weighted by Crippen LogP contribution is -2.45. The minimum absolute atomic E-state index is 0.122. The average Bonchev–Trinajstić information content (AvgIpc) is 3.59. The first-order chi connectivity index (χ1) is 15.9. The minimum atomic E-state index is -0.345. The molecule has 0 radical (unpaired) electrons. The normalized spacial score (nSPS) is 30.9. The van der Waals surface area contributed by atoms with Gasteiger partial charge in [-0.3, -0.25) is 24.2 Å². The number of nitrogens with zero attached hydrogens (tertiary/aromatic N) is 2. The van der Waals surface area contributed by atoms with Gasteiger partial charge in [0.15, 0.2) is 0 Å². The van der Waals surface area contributed by atoms with Crippen LogP contribution >= 0.6 is 23.2 Å². The monoisotopic (exact) mass is 480 g/mol. The fraction of sp³-hybridized carbons (Fsp3) is 0.346. The highest BCUT2D eigenvalue weighted by Crippen LogP contribution is 2.65. The minimum Gasteiger partial charge on any atom is -0.289 e. The summed E-state index contributed by atoms with van der Waals surface area (Å²) >= 11 is 12.2. The van der Waals surface area contributed by atoms with Crippen molar-refractivity contribution < 1.29 is 14.4 Å². The molecule has 2 saturated carbocycles. The van der Waals surface area contributed by atoms with Crippen LogP contribution in [-0.4, -0.2) is 29.3 Å². The van der Waals surface area contributed by atoms with Crippen LogP contribution < -0.4 is 4.90 Å². The molecule has 2 aromatic carbocycles. The molecule has 6 atom stereocenters. The van der Waals surface area contributed by atoms with Gasteiger partial charge in [0.2, 0.25) is 11.8 Å². The van der Waals surface area contributed by atoms with Crippen LogP contribution in [0, 0.1) is 42.4 Å². The molecule has 1 heterocycles. The van der Waals surface area contributed by atoms with Crippen molar-refractivity contribution in [3.05, 3.63) is 75.8 Å². The van der Waals surface area contributed by atoms with Crippen LogP contribution in [0.25, 0.3) is 0 Å². The zero-order valence-electron chi connectivity index (χ0n) is 17.9. The van der Waals surface area contributed by atoms with E-state index in [1.165, 1.54) is 15.9 Å². The van der Waals surface area contributed by atoms with Gasteiger partial charge in [-0.05, 0) is 66.8 Å². The molecular weight excluding hydrogens is 459 g/mol. The summed E-state index contributed by atoms with van der Waals surface area (Å²) in [4.78, 5) is 43.5. The summed E-state index contributed by atoms with van der Waals surface area (Å²) in [6.07, 6.45) is 5.41. The van der Waals surface area contributed by atoms with E-state index in [9.17, 15) is 14.4 Å². The topological polar surface area (TPSA) is 57.7 Å². The number of likely N-dealkylation sites (tertiary alicyclic amines) is 1. The lowest BCUT2D eigenvalue weighted by atomic mass is 9.63. The van der Waals surface area contributed by atoms with Crippen LogP contribution in [0.3, 0.4) is 0 Å². The first-order valence-electron chi connectivity index (χ1n) is 11.2. The molecule has 5 nitrogen and oxygen atoms in total. The number of aryl methyl sites for hydroxylation is 1. The molecule has 4 aliphatic carbocycles. The van der Waals surface area contributed by atoms with E-state index in [4.69, 9.17) is 23.2 Å². The van der Waals surface area contributed by atoms with Crippen molar-refractivity contribution in [2.75, 3.05) is 11.6 Å². The number of anilines is 1. The summed E-state index contributed by atoms with van der Waals surface area (Å²) in [6, 6.07) is 12.1. The van der Waals surface area contributed by atoms with Crippen LogP contribution in [0.15, 0.2) is 54.6 Å². The predicted molar refractivity (Wildman–Crippen MR) is 126 cm³/mol. The summed E-state index contributed by atoms with van der Waals surface area (Å²) in [5, 5.41) is 0.625. The average molecular weight is 481 g/mol. The molecule has 2 bridgehead atoms. The maximum Gasteiger partial charge on any atom is 0.259 e. The number of benzene rings is 2. The molecule has 3 amide bonds. The van der Waals surface area contributed by atoms with Gasteiger partial charge in [0.1, 0.15) is 6.67 Å². The van der Waals surface area contributed by atoms with Gasteiger partial charge in [-0.1, -0.05) is 53.6 Å².